The molecule has 18 heavy (non-hydrogen) atoms. The van der Waals surface area contributed by atoms with Crippen LogP contribution in [0.5, 0.6) is 0 Å². The van der Waals surface area contributed by atoms with Gasteiger partial charge >= 0.3 is 5.97 Å². The van der Waals surface area contributed by atoms with Gasteiger partial charge in [0.25, 0.3) is 0 Å². The van der Waals surface area contributed by atoms with E-state index in [2.05, 4.69) is 15.0 Å². The van der Waals surface area contributed by atoms with E-state index in [4.69, 9.17) is 5.11 Å². The summed E-state index contributed by atoms with van der Waals surface area (Å²) < 4.78 is 24.0. The van der Waals surface area contributed by atoms with E-state index in [1.54, 1.807) is 0 Å². The molecule has 0 aromatic carbocycles. The normalized spacial score (nSPS) is 10.9. The fourth-order valence-corrected chi connectivity index (χ4v) is 2.56. The van der Waals surface area contributed by atoms with Crippen LogP contribution in [0.15, 0.2) is 5.38 Å². The summed E-state index contributed by atoms with van der Waals surface area (Å²) in [6, 6.07) is 0. The molecule has 0 unspecified atom stereocenters. The summed E-state index contributed by atoms with van der Waals surface area (Å²) in [5, 5.41) is 12.2. The second kappa shape index (κ2) is 5.78. The van der Waals surface area contributed by atoms with Gasteiger partial charge in [-0.3, -0.25) is 14.3 Å². The van der Waals surface area contributed by atoms with Gasteiger partial charge in [-0.05, 0) is 0 Å². The van der Waals surface area contributed by atoms with Crippen LogP contribution in [0.3, 0.4) is 0 Å². The maximum atomic E-state index is 11.3. The first-order valence-electron chi connectivity index (χ1n) is 4.67. The minimum Gasteiger partial charge on any atom is -0.480 e. The lowest BCUT2D eigenvalue weighted by atomic mass is 10.3. The van der Waals surface area contributed by atoms with Crippen molar-refractivity contribution in [1.82, 2.24) is 10.3 Å². The summed E-state index contributed by atoms with van der Waals surface area (Å²) in [7, 11) is -3.39. The molecule has 100 valence electrons. The number of carboxylic acids is 1. The molecular weight excluding hydrogens is 282 g/mol. The molecule has 1 aromatic heterocycles. The summed E-state index contributed by atoms with van der Waals surface area (Å²) in [5.41, 5.74) is 0.369. The second-order valence-corrected chi connectivity index (χ2v) is 5.97. The number of nitrogens with zero attached hydrogens (tertiary/aromatic N) is 1. The van der Waals surface area contributed by atoms with Crippen LogP contribution >= 0.6 is 11.3 Å². The number of hydrogen-bond acceptors (Lipinski definition) is 6. The molecule has 0 atom stereocenters. The lowest BCUT2D eigenvalue weighted by Gasteiger charge is -1.99. The van der Waals surface area contributed by atoms with E-state index in [9.17, 15) is 18.0 Å². The van der Waals surface area contributed by atoms with Crippen molar-refractivity contribution in [2.45, 2.75) is 6.42 Å². The second-order valence-electron chi connectivity index (χ2n) is 3.37. The Kier molecular flexibility index (Phi) is 4.62. The van der Waals surface area contributed by atoms with Gasteiger partial charge in [0.15, 0.2) is 5.13 Å². The monoisotopic (exact) mass is 293 g/mol. The number of aromatic nitrogens is 1. The number of sulfonamides is 1. The number of hydrogen-bond donors (Lipinski definition) is 3. The predicted octanol–water partition coefficient (Wildman–Crippen LogP) is -0.742. The highest BCUT2D eigenvalue weighted by Crippen LogP contribution is 2.16. The number of thiazole rings is 1. The van der Waals surface area contributed by atoms with Gasteiger partial charge in [0.1, 0.15) is 6.54 Å². The first-order valence-corrected chi connectivity index (χ1v) is 7.44. The molecule has 0 aliphatic rings. The Bertz CT molecular complexity index is 551. The van der Waals surface area contributed by atoms with Crippen LogP contribution in [0.4, 0.5) is 5.13 Å². The number of nitrogens with one attached hydrogen (secondary N) is 2. The summed E-state index contributed by atoms with van der Waals surface area (Å²) in [6.07, 6.45) is 0.892. The van der Waals surface area contributed by atoms with Crippen LogP contribution in [0.25, 0.3) is 0 Å². The molecule has 1 aromatic rings. The third-order valence-electron chi connectivity index (χ3n) is 1.60. The van der Waals surface area contributed by atoms with E-state index in [0.29, 0.717) is 5.69 Å². The van der Waals surface area contributed by atoms with Gasteiger partial charge in [-0.2, -0.15) is 0 Å². The zero-order valence-corrected chi connectivity index (χ0v) is 11.0. The van der Waals surface area contributed by atoms with Crippen molar-refractivity contribution in [3.8, 4) is 0 Å². The highest BCUT2D eigenvalue weighted by molar-refractivity contribution is 7.92. The number of carbonyl (C=O) groups excluding carboxylic acids is 1. The van der Waals surface area contributed by atoms with Crippen LogP contribution in [0.1, 0.15) is 5.69 Å². The van der Waals surface area contributed by atoms with Crippen molar-refractivity contribution in [1.29, 1.82) is 0 Å². The number of rotatable bonds is 6. The van der Waals surface area contributed by atoms with Gasteiger partial charge in [-0.1, -0.05) is 0 Å². The predicted molar refractivity (Wildman–Crippen MR) is 64.9 cm³/mol. The molecular formula is C8H11N3O5S2. The molecule has 1 rings (SSSR count). The molecule has 0 saturated carbocycles. The molecule has 0 bridgehead atoms. The van der Waals surface area contributed by atoms with E-state index in [1.807, 2.05) is 0 Å². The first kappa shape index (κ1) is 14.4. The number of anilines is 1. The third-order valence-corrected chi connectivity index (χ3v) is 3.10. The maximum absolute atomic E-state index is 11.3. The summed E-state index contributed by atoms with van der Waals surface area (Å²) in [6.45, 7) is -0.461. The highest BCUT2D eigenvalue weighted by Gasteiger charge is 2.10. The number of carbonyl (C=O) groups is 2. The standard InChI is InChI=1S/C8H11N3O5S2/c1-18(15,16)11-8-10-5(4-17-8)2-6(12)9-3-7(13)14/h4H,2-3H2,1H3,(H,9,12)(H,10,11)(H,13,14). The molecule has 8 nitrogen and oxygen atoms in total. The summed E-state index contributed by atoms with van der Waals surface area (Å²) in [5.74, 6) is -1.63. The molecule has 0 radical (unpaired) electrons. The maximum Gasteiger partial charge on any atom is 0.322 e. The van der Waals surface area contributed by atoms with E-state index in [1.165, 1.54) is 5.38 Å². The largest absolute Gasteiger partial charge is 0.480 e. The summed E-state index contributed by atoms with van der Waals surface area (Å²) in [4.78, 5) is 25.4. The van der Waals surface area contributed by atoms with Gasteiger partial charge in [-0.15, -0.1) is 11.3 Å². The molecule has 1 heterocycles. The zero-order valence-electron chi connectivity index (χ0n) is 9.34. The van der Waals surface area contributed by atoms with Gasteiger partial charge in [0.05, 0.1) is 18.4 Å². The first-order chi connectivity index (χ1) is 8.26. The van der Waals surface area contributed by atoms with Crippen LogP contribution in [-0.4, -0.2) is 43.2 Å². The Morgan fingerprint density at radius 1 is 1.50 bits per heavy atom. The summed E-state index contributed by atoms with van der Waals surface area (Å²) >= 11 is 1.05. The SMILES string of the molecule is CS(=O)(=O)Nc1nc(CC(=O)NCC(=O)O)cs1. The zero-order chi connectivity index (χ0) is 13.8. The molecule has 1 amide bonds. The number of carboxylic acid groups (broad SMARTS) is 1. The van der Waals surface area contributed by atoms with E-state index in [-0.39, 0.29) is 11.6 Å². The van der Waals surface area contributed by atoms with Crippen LogP contribution in [0, 0.1) is 0 Å². The molecule has 3 N–H and O–H groups in total. The van der Waals surface area contributed by atoms with Crippen molar-refractivity contribution in [3.05, 3.63) is 11.1 Å². The Morgan fingerprint density at radius 2 is 2.17 bits per heavy atom. The average Bonchev–Trinajstić information content (AvgIpc) is 2.59. The third kappa shape index (κ3) is 5.59. The van der Waals surface area contributed by atoms with Crippen molar-refractivity contribution in [3.63, 3.8) is 0 Å². The number of aliphatic carboxylic acids is 1. The van der Waals surface area contributed by atoms with Crippen LogP contribution in [-0.2, 0) is 26.0 Å². The van der Waals surface area contributed by atoms with Gasteiger partial charge < -0.3 is 10.4 Å². The van der Waals surface area contributed by atoms with Crippen molar-refractivity contribution in [2.75, 3.05) is 17.5 Å². The Hall–Kier alpha value is -1.68. The molecule has 0 fully saturated rings. The minimum absolute atomic E-state index is 0.102. The fraction of sp³-hybridized carbons (Fsp3) is 0.375. The Balaban J connectivity index is 2.54. The topological polar surface area (TPSA) is 125 Å². The van der Waals surface area contributed by atoms with E-state index < -0.39 is 28.4 Å². The minimum atomic E-state index is -3.39. The lowest BCUT2D eigenvalue weighted by Crippen LogP contribution is -2.30. The Labute approximate surface area is 107 Å². The van der Waals surface area contributed by atoms with Crippen LogP contribution < -0.4 is 10.0 Å². The van der Waals surface area contributed by atoms with Crippen LogP contribution in [0.2, 0.25) is 0 Å². The molecule has 0 spiro atoms. The van der Waals surface area contributed by atoms with Crippen molar-refractivity contribution >= 4 is 38.4 Å². The Morgan fingerprint density at radius 3 is 2.72 bits per heavy atom. The highest BCUT2D eigenvalue weighted by atomic mass is 32.2. The van der Waals surface area contributed by atoms with Gasteiger partial charge in [0, 0.05) is 5.38 Å². The quantitative estimate of drug-likeness (QED) is 0.634. The fourth-order valence-electron chi connectivity index (χ4n) is 0.995. The molecule has 0 saturated heterocycles. The average molecular weight is 293 g/mol. The van der Waals surface area contributed by atoms with Crippen molar-refractivity contribution in [2.24, 2.45) is 0 Å². The molecule has 0 aliphatic heterocycles. The van der Waals surface area contributed by atoms with E-state index in [0.717, 1.165) is 17.6 Å². The van der Waals surface area contributed by atoms with Gasteiger partial charge in [-0.25, -0.2) is 13.4 Å². The smallest absolute Gasteiger partial charge is 0.322 e. The molecule has 10 heteroatoms. The van der Waals surface area contributed by atoms with Gasteiger partial charge in [0.2, 0.25) is 15.9 Å². The molecule has 0 aliphatic carbocycles. The number of amides is 1. The van der Waals surface area contributed by atoms with E-state index >= 15 is 0 Å². The lowest BCUT2D eigenvalue weighted by molar-refractivity contribution is -0.137. The van der Waals surface area contributed by atoms with Crippen molar-refractivity contribution < 1.29 is 23.1 Å².